The topological polar surface area (TPSA) is 9.23 Å². The number of rotatable bonds is 6. The van der Waals surface area contributed by atoms with Gasteiger partial charge in [-0.15, -0.1) is 5.92 Å². The van der Waals surface area contributed by atoms with E-state index in [0.29, 0.717) is 5.92 Å². The van der Waals surface area contributed by atoms with Gasteiger partial charge in [0, 0.05) is 25.9 Å². The molecule has 1 rings (SSSR count). The largest absolute Gasteiger partial charge is 1.00 e. The maximum atomic E-state index is 6.43. The third-order valence-electron chi connectivity index (χ3n) is 3.70. The first-order valence-corrected chi connectivity index (χ1v) is 11.3. The van der Waals surface area contributed by atoms with Gasteiger partial charge in [-0.25, -0.2) is 0 Å². The molecule has 21 heavy (non-hydrogen) atoms. The quantitative estimate of drug-likeness (QED) is 0.361. The Hall–Kier alpha value is 0.840. The molecule has 4 heteroatoms. The van der Waals surface area contributed by atoms with Crippen molar-refractivity contribution in [1.29, 1.82) is 0 Å². The molecule has 0 aliphatic heterocycles. The summed E-state index contributed by atoms with van der Waals surface area (Å²) < 4.78 is 6.43. The summed E-state index contributed by atoms with van der Waals surface area (Å²) >= 11 is 0. The average molecular weight is 425 g/mol. The van der Waals surface area contributed by atoms with Crippen molar-refractivity contribution in [2.45, 2.75) is 83.5 Å². The Morgan fingerprint density at radius 1 is 1.24 bits per heavy atom. The van der Waals surface area contributed by atoms with E-state index in [4.69, 9.17) is 4.43 Å². The van der Waals surface area contributed by atoms with Crippen molar-refractivity contribution in [1.82, 2.24) is 0 Å². The molecule has 0 amide bonds. The summed E-state index contributed by atoms with van der Waals surface area (Å²) in [5.41, 5.74) is -0.227. The normalized spacial score (nSPS) is 24.5. The molecule has 2 atom stereocenters. The molecule has 0 spiro atoms. The Morgan fingerprint density at radius 2 is 1.90 bits per heavy atom. The molecule has 0 aromatic rings. The van der Waals surface area contributed by atoms with E-state index >= 15 is 0 Å². The molecule has 0 aromatic heterocycles. The van der Waals surface area contributed by atoms with Crippen molar-refractivity contribution in [2.24, 2.45) is 5.92 Å². The fraction of sp³-hybridized carbons (Fsp3) is 0.824. The van der Waals surface area contributed by atoms with Crippen LogP contribution in [0.15, 0.2) is 0 Å². The predicted molar refractivity (Wildman–Crippen MR) is 86.4 cm³/mol. The third kappa shape index (κ3) is 8.89. The van der Waals surface area contributed by atoms with Gasteiger partial charge in [0.15, 0.2) is 8.32 Å². The van der Waals surface area contributed by atoms with E-state index in [9.17, 15) is 0 Å². The molecule has 1 nitrogen and oxygen atoms in total. The molecule has 1 saturated carbocycles. The molecule has 0 bridgehead atoms. The Kier molecular flexibility index (Phi) is 13.1. The fourth-order valence-electron chi connectivity index (χ4n) is 2.77. The molecular formula is C17H31BrOSiZn-. The van der Waals surface area contributed by atoms with Gasteiger partial charge in [0.25, 0.3) is 0 Å². The summed E-state index contributed by atoms with van der Waals surface area (Å²) in [6.45, 7) is 13.3. The Balaban J connectivity index is 0. The number of unbranched alkanes of at least 4 members (excludes halogenated alkanes) is 4. The van der Waals surface area contributed by atoms with Gasteiger partial charge >= 0.3 is 0 Å². The van der Waals surface area contributed by atoms with Crippen LogP contribution in [0.2, 0.25) is 19.6 Å². The van der Waals surface area contributed by atoms with Gasteiger partial charge in [0.2, 0.25) is 0 Å². The Bertz CT molecular complexity index is 332. The molecule has 0 heterocycles. The molecular weight excluding hydrogens is 394 g/mol. The first-order valence-electron chi connectivity index (χ1n) is 7.93. The molecule has 1 fully saturated rings. The Morgan fingerprint density at radius 3 is 2.38 bits per heavy atom. The molecule has 1 aliphatic carbocycles. The van der Waals surface area contributed by atoms with Gasteiger partial charge in [-0.1, -0.05) is 32.1 Å². The van der Waals surface area contributed by atoms with Crippen molar-refractivity contribution in [3.8, 4) is 11.8 Å². The molecule has 1 aliphatic rings. The zero-order valence-corrected chi connectivity index (χ0v) is 20.0. The van der Waals surface area contributed by atoms with Crippen LogP contribution in [0.1, 0.15) is 58.3 Å². The molecule has 0 N–H and O–H groups in total. The van der Waals surface area contributed by atoms with Crippen molar-refractivity contribution in [2.75, 3.05) is 0 Å². The summed E-state index contributed by atoms with van der Waals surface area (Å²) in [4.78, 5) is 0. The zero-order chi connectivity index (χ0) is 14.4. The number of hydrogen-bond donors (Lipinski definition) is 0. The van der Waals surface area contributed by atoms with Crippen molar-refractivity contribution < 1.29 is 40.9 Å². The van der Waals surface area contributed by atoms with E-state index in [-0.39, 0.29) is 42.1 Å². The van der Waals surface area contributed by atoms with Crippen LogP contribution in [-0.2, 0) is 23.9 Å². The molecule has 119 valence electrons. The second-order valence-corrected chi connectivity index (χ2v) is 11.2. The van der Waals surface area contributed by atoms with Crippen LogP contribution < -0.4 is 17.0 Å². The summed E-state index contributed by atoms with van der Waals surface area (Å²) in [7, 11) is -1.56. The van der Waals surface area contributed by atoms with Crippen LogP contribution in [0, 0.1) is 24.7 Å². The van der Waals surface area contributed by atoms with Crippen LogP contribution in [0.4, 0.5) is 0 Å². The van der Waals surface area contributed by atoms with Gasteiger partial charge in [-0.2, -0.15) is 0 Å². The van der Waals surface area contributed by atoms with Crippen molar-refractivity contribution in [3.63, 3.8) is 0 Å². The van der Waals surface area contributed by atoms with E-state index in [0.717, 1.165) is 19.3 Å². The maximum absolute atomic E-state index is 6.43. The van der Waals surface area contributed by atoms with E-state index in [1.807, 2.05) is 0 Å². The molecule has 0 aromatic carbocycles. The standard InChI is InChI=1S/C17H31OSi.BrH.Zn/c1-6-7-8-9-10-11-14-17(18-19(3,4)5)15-12-13-16(17)2;;/h16H,2,6-10,12-13,15H2,1,3-5H3;1H;/p-1/t16-,17-;;/m1../s1. The maximum Gasteiger partial charge on any atom is 0.185 e. The minimum Gasteiger partial charge on any atom is -1.00 e. The summed E-state index contributed by atoms with van der Waals surface area (Å²) in [5.74, 6) is 7.22. The van der Waals surface area contributed by atoms with Crippen LogP contribution in [0.25, 0.3) is 0 Å². The molecule has 1 radical (unpaired) electrons. The minimum absolute atomic E-state index is 0. The number of hydrogen-bond acceptors (Lipinski definition) is 1. The first kappa shape index (κ1) is 24.1. The zero-order valence-electron chi connectivity index (χ0n) is 14.4. The first-order chi connectivity index (χ1) is 8.90. The Labute approximate surface area is 157 Å². The van der Waals surface area contributed by atoms with Crippen LogP contribution >= 0.6 is 0 Å². The van der Waals surface area contributed by atoms with Crippen molar-refractivity contribution >= 4 is 8.32 Å². The number of halogens is 1. The van der Waals surface area contributed by atoms with E-state index < -0.39 is 8.32 Å². The summed E-state index contributed by atoms with van der Waals surface area (Å²) in [6.07, 6.45) is 9.62. The predicted octanol–water partition coefficient (Wildman–Crippen LogP) is 2.19. The third-order valence-corrected chi connectivity index (χ3v) is 4.68. The summed E-state index contributed by atoms with van der Waals surface area (Å²) in [6, 6.07) is 0. The van der Waals surface area contributed by atoms with Crippen molar-refractivity contribution in [3.05, 3.63) is 6.92 Å². The minimum atomic E-state index is -1.56. The second-order valence-electron chi connectivity index (χ2n) is 6.81. The van der Waals surface area contributed by atoms with E-state index in [1.165, 1.54) is 32.1 Å². The molecule has 0 saturated heterocycles. The summed E-state index contributed by atoms with van der Waals surface area (Å²) in [5, 5.41) is 0. The van der Waals surface area contributed by atoms with Gasteiger partial charge in [0.05, 0.1) is 0 Å². The monoisotopic (exact) mass is 422 g/mol. The fourth-order valence-corrected chi connectivity index (χ4v) is 4.18. The van der Waals surface area contributed by atoms with E-state index in [2.05, 4.69) is 45.3 Å². The van der Waals surface area contributed by atoms with Gasteiger partial charge < -0.3 is 21.4 Å². The second kappa shape index (κ2) is 11.4. The van der Waals surface area contributed by atoms with Crippen LogP contribution in [-0.4, -0.2) is 13.9 Å². The molecule has 0 unspecified atom stereocenters. The average Bonchev–Trinajstić information content (AvgIpc) is 2.63. The van der Waals surface area contributed by atoms with E-state index in [1.54, 1.807) is 0 Å². The smallest absolute Gasteiger partial charge is 0.185 e. The SMILES string of the molecule is [Br-].[CH2][C@@H]1CCC[C@@]1(C#CCCCCCC)O[Si](C)(C)C.[Zn]. The van der Waals surface area contributed by atoms with Gasteiger partial charge in [-0.3, -0.25) is 0 Å². The van der Waals surface area contributed by atoms with Gasteiger partial charge in [-0.05, 0) is 58.2 Å². The van der Waals surface area contributed by atoms with Crippen LogP contribution in [0.3, 0.4) is 0 Å². The van der Waals surface area contributed by atoms with Gasteiger partial charge in [0.1, 0.15) is 5.60 Å². The van der Waals surface area contributed by atoms with Crippen LogP contribution in [0.5, 0.6) is 0 Å².